The van der Waals surface area contributed by atoms with E-state index in [0.717, 1.165) is 0 Å². The molecule has 1 fully saturated rings. The normalized spacial score (nSPS) is 15.2. The summed E-state index contributed by atoms with van der Waals surface area (Å²) in [6, 6.07) is 24.8. The molecular weight excluding hydrogens is 488 g/mol. The van der Waals surface area contributed by atoms with Gasteiger partial charge in [-0.2, -0.15) is 4.31 Å². The van der Waals surface area contributed by atoms with Crippen molar-refractivity contribution in [2.75, 3.05) is 39.9 Å². The second-order valence-electron chi connectivity index (χ2n) is 8.12. The molecule has 9 heteroatoms. The largest absolute Gasteiger partial charge is 0.480 e. The monoisotopic (exact) mass is 514 g/mol. The number of hydrogen-bond donors (Lipinski definition) is 0. The van der Waals surface area contributed by atoms with Gasteiger partial charge in [0.2, 0.25) is 10.0 Å². The van der Waals surface area contributed by atoms with E-state index in [2.05, 4.69) is 33.9 Å². The van der Waals surface area contributed by atoms with Crippen LogP contribution in [-0.2, 0) is 19.6 Å². The van der Waals surface area contributed by atoms with E-state index in [0.29, 0.717) is 26.2 Å². The van der Waals surface area contributed by atoms with Gasteiger partial charge in [-0.1, -0.05) is 72.3 Å². The number of carbonyl (C=O) groups is 1. The SMILES string of the molecule is COC(=O)COc1ccc(S(=O)(=O)N2CCN(C(c3ccccc3)c3ccccc3)CC2)cc1Cl. The standard InChI is InChI=1S/C26H27ClN2O5S/c1-33-25(30)19-34-24-13-12-22(18-23(24)27)35(31,32)29-16-14-28(15-17-29)26(20-8-4-2-5-9-20)21-10-6-3-7-11-21/h2-13,18,26H,14-17,19H2,1H3. The molecule has 184 valence electrons. The summed E-state index contributed by atoms with van der Waals surface area (Å²) in [5.41, 5.74) is 2.34. The molecule has 0 bridgehead atoms. The molecule has 0 unspecified atom stereocenters. The van der Waals surface area contributed by atoms with E-state index < -0.39 is 16.0 Å². The molecule has 3 aromatic carbocycles. The zero-order valence-corrected chi connectivity index (χ0v) is 20.9. The van der Waals surface area contributed by atoms with Crippen molar-refractivity contribution in [2.45, 2.75) is 10.9 Å². The maximum Gasteiger partial charge on any atom is 0.343 e. The highest BCUT2D eigenvalue weighted by atomic mass is 35.5. The molecule has 0 saturated carbocycles. The fourth-order valence-corrected chi connectivity index (χ4v) is 5.94. The molecule has 7 nitrogen and oxygen atoms in total. The lowest BCUT2D eigenvalue weighted by molar-refractivity contribution is -0.142. The second kappa shape index (κ2) is 11.2. The average molecular weight is 515 g/mol. The Kier molecular flexibility index (Phi) is 8.07. The number of ether oxygens (including phenoxy) is 2. The highest BCUT2D eigenvalue weighted by molar-refractivity contribution is 7.89. The average Bonchev–Trinajstić information content (AvgIpc) is 2.89. The minimum Gasteiger partial charge on any atom is -0.480 e. The first-order valence-electron chi connectivity index (χ1n) is 11.2. The number of hydrogen-bond acceptors (Lipinski definition) is 6. The molecule has 0 aromatic heterocycles. The van der Waals surface area contributed by atoms with Crippen molar-refractivity contribution in [3.63, 3.8) is 0 Å². The van der Waals surface area contributed by atoms with E-state index in [4.69, 9.17) is 16.3 Å². The number of sulfonamides is 1. The molecule has 1 saturated heterocycles. The lowest BCUT2D eigenvalue weighted by Gasteiger charge is -2.39. The molecule has 1 aliphatic heterocycles. The molecule has 0 atom stereocenters. The number of piperazine rings is 1. The van der Waals surface area contributed by atoms with E-state index >= 15 is 0 Å². The van der Waals surface area contributed by atoms with Gasteiger partial charge in [-0.3, -0.25) is 4.90 Å². The summed E-state index contributed by atoms with van der Waals surface area (Å²) in [6.45, 7) is 1.57. The molecule has 4 rings (SSSR count). The van der Waals surface area contributed by atoms with Crippen molar-refractivity contribution < 1.29 is 22.7 Å². The third kappa shape index (κ3) is 5.85. The van der Waals surface area contributed by atoms with Crippen LogP contribution in [0.5, 0.6) is 5.75 Å². The number of benzene rings is 3. The van der Waals surface area contributed by atoms with Crippen LogP contribution in [0.15, 0.2) is 83.8 Å². The molecule has 0 radical (unpaired) electrons. The molecule has 1 aliphatic rings. The first-order chi connectivity index (χ1) is 16.9. The number of nitrogens with zero attached hydrogens (tertiary/aromatic N) is 2. The second-order valence-corrected chi connectivity index (χ2v) is 10.5. The zero-order valence-electron chi connectivity index (χ0n) is 19.3. The molecule has 35 heavy (non-hydrogen) atoms. The van der Waals surface area contributed by atoms with Gasteiger partial charge >= 0.3 is 5.97 Å². The van der Waals surface area contributed by atoms with E-state index in [1.807, 2.05) is 36.4 Å². The lowest BCUT2D eigenvalue weighted by atomic mass is 9.96. The summed E-state index contributed by atoms with van der Waals surface area (Å²) in [4.78, 5) is 13.7. The summed E-state index contributed by atoms with van der Waals surface area (Å²) in [5, 5.41) is 0.113. The third-order valence-electron chi connectivity index (χ3n) is 5.98. The van der Waals surface area contributed by atoms with Crippen LogP contribution in [0.4, 0.5) is 0 Å². The van der Waals surface area contributed by atoms with Crippen LogP contribution in [0.3, 0.4) is 0 Å². The minimum absolute atomic E-state index is 0.0444. The van der Waals surface area contributed by atoms with E-state index in [1.54, 1.807) is 0 Å². The first-order valence-corrected chi connectivity index (χ1v) is 13.0. The van der Waals surface area contributed by atoms with Crippen LogP contribution in [-0.4, -0.2) is 63.5 Å². The van der Waals surface area contributed by atoms with Crippen LogP contribution in [0, 0.1) is 0 Å². The van der Waals surface area contributed by atoms with Crippen LogP contribution >= 0.6 is 11.6 Å². The molecule has 3 aromatic rings. The Hall–Kier alpha value is -2.91. The maximum atomic E-state index is 13.3. The van der Waals surface area contributed by atoms with Crippen molar-refractivity contribution in [3.8, 4) is 5.75 Å². The number of esters is 1. The summed E-state index contributed by atoms with van der Waals surface area (Å²) in [5.74, 6) is -0.339. The summed E-state index contributed by atoms with van der Waals surface area (Å²) in [7, 11) is -2.49. The maximum absolute atomic E-state index is 13.3. The molecule has 0 spiro atoms. The Bertz CT molecular complexity index is 1210. The molecule has 0 aliphatic carbocycles. The van der Waals surface area contributed by atoms with Crippen molar-refractivity contribution in [3.05, 3.63) is 95.0 Å². The Labute approximate surface area is 210 Å². The van der Waals surface area contributed by atoms with E-state index in [9.17, 15) is 13.2 Å². The van der Waals surface area contributed by atoms with Gasteiger partial charge in [0.05, 0.1) is 23.1 Å². The Morgan fingerprint density at radius 1 is 0.914 bits per heavy atom. The number of methoxy groups -OCH3 is 1. The number of carbonyl (C=O) groups excluding carboxylic acids is 1. The van der Waals surface area contributed by atoms with Crippen LogP contribution in [0.2, 0.25) is 5.02 Å². The van der Waals surface area contributed by atoms with Gasteiger partial charge in [-0.15, -0.1) is 0 Å². The van der Waals surface area contributed by atoms with Crippen molar-refractivity contribution >= 4 is 27.6 Å². The van der Waals surface area contributed by atoms with Crippen LogP contribution in [0.25, 0.3) is 0 Å². The van der Waals surface area contributed by atoms with Gasteiger partial charge in [-0.05, 0) is 29.3 Å². The number of halogens is 1. The smallest absolute Gasteiger partial charge is 0.343 e. The highest BCUT2D eigenvalue weighted by Gasteiger charge is 2.32. The topological polar surface area (TPSA) is 76.1 Å². The molecule has 0 amide bonds. The Morgan fingerprint density at radius 2 is 1.49 bits per heavy atom. The van der Waals surface area contributed by atoms with Crippen LogP contribution in [0.1, 0.15) is 17.2 Å². The molecular formula is C26H27ClN2O5S. The fourth-order valence-electron chi connectivity index (χ4n) is 4.19. The summed E-state index contributed by atoms with van der Waals surface area (Å²) in [6.07, 6.45) is 0. The van der Waals surface area contributed by atoms with Gasteiger partial charge < -0.3 is 9.47 Å². The van der Waals surface area contributed by atoms with Gasteiger partial charge in [0.25, 0.3) is 0 Å². The first kappa shape index (κ1) is 25.2. The van der Waals surface area contributed by atoms with Gasteiger partial charge in [0.1, 0.15) is 5.75 Å². The van der Waals surface area contributed by atoms with Gasteiger partial charge in [-0.25, -0.2) is 13.2 Å². The van der Waals surface area contributed by atoms with E-state index in [-0.39, 0.29) is 28.3 Å². The lowest BCUT2D eigenvalue weighted by Crippen LogP contribution is -2.49. The summed E-state index contributed by atoms with van der Waals surface area (Å²) < 4.78 is 38.0. The van der Waals surface area contributed by atoms with Gasteiger partial charge in [0.15, 0.2) is 6.61 Å². The van der Waals surface area contributed by atoms with Crippen LogP contribution < -0.4 is 4.74 Å². The Balaban J connectivity index is 1.48. The predicted molar refractivity (Wildman–Crippen MR) is 134 cm³/mol. The zero-order chi connectivity index (χ0) is 24.8. The Morgan fingerprint density at radius 3 is 2.00 bits per heavy atom. The van der Waals surface area contributed by atoms with Crippen molar-refractivity contribution in [1.82, 2.24) is 9.21 Å². The molecule has 0 N–H and O–H groups in total. The summed E-state index contributed by atoms with van der Waals surface area (Å²) >= 11 is 6.23. The quantitative estimate of drug-likeness (QED) is 0.423. The minimum atomic E-state index is -3.74. The predicted octanol–water partition coefficient (Wildman–Crippen LogP) is 3.99. The van der Waals surface area contributed by atoms with Crippen molar-refractivity contribution in [1.29, 1.82) is 0 Å². The highest BCUT2D eigenvalue weighted by Crippen LogP contribution is 2.32. The number of rotatable bonds is 8. The fraction of sp³-hybridized carbons (Fsp3) is 0.269. The van der Waals surface area contributed by atoms with E-state index in [1.165, 1.54) is 40.7 Å². The van der Waals surface area contributed by atoms with Gasteiger partial charge in [0, 0.05) is 26.2 Å². The van der Waals surface area contributed by atoms with Crippen molar-refractivity contribution in [2.24, 2.45) is 0 Å². The third-order valence-corrected chi connectivity index (χ3v) is 8.17. The molecule has 1 heterocycles.